The van der Waals surface area contributed by atoms with Gasteiger partial charge in [0.05, 0.1) is 17.9 Å². The third kappa shape index (κ3) is 5.44. The molecule has 2 rings (SSSR count). The number of ether oxygens (including phenoxy) is 1. The minimum atomic E-state index is -0.859. The quantitative estimate of drug-likeness (QED) is 0.739. The van der Waals surface area contributed by atoms with Gasteiger partial charge >= 0.3 is 0 Å². The summed E-state index contributed by atoms with van der Waals surface area (Å²) in [6.07, 6.45) is 0. The molecule has 0 spiro atoms. The fraction of sp³-hybridized carbons (Fsp3) is 0.300. The molecule has 1 atom stereocenters. The zero-order valence-corrected chi connectivity index (χ0v) is 16.1. The van der Waals surface area contributed by atoms with Crippen molar-refractivity contribution in [3.63, 3.8) is 0 Å². The molecule has 7 heteroatoms. The summed E-state index contributed by atoms with van der Waals surface area (Å²) in [5, 5.41) is 5.43. The Morgan fingerprint density at radius 2 is 1.89 bits per heavy atom. The molecule has 0 bridgehead atoms. The van der Waals surface area contributed by atoms with Gasteiger partial charge in [0.1, 0.15) is 17.6 Å². The van der Waals surface area contributed by atoms with Crippen LogP contribution in [0.25, 0.3) is 0 Å². The molecule has 2 aromatic carbocycles. The van der Waals surface area contributed by atoms with Crippen molar-refractivity contribution in [3.8, 4) is 5.75 Å². The number of anilines is 1. The third-order valence-electron chi connectivity index (χ3n) is 3.86. The molecule has 0 heterocycles. The maximum atomic E-state index is 13.9. The highest BCUT2D eigenvalue weighted by Crippen LogP contribution is 2.21. The lowest BCUT2D eigenvalue weighted by molar-refractivity contribution is -0.118. The minimum Gasteiger partial charge on any atom is -0.493 e. The van der Waals surface area contributed by atoms with Crippen LogP contribution in [-0.4, -0.2) is 24.5 Å². The monoisotopic (exact) mass is 392 g/mol. The van der Waals surface area contributed by atoms with E-state index in [9.17, 15) is 14.0 Å². The van der Waals surface area contributed by atoms with Crippen molar-refractivity contribution >= 4 is 29.1 Å². The molecule has 5 nitrogen and oxygen atoms in total. The van der Waals surface area contributed by atoms with Crippen LogP contribution in [0.15, 0.2) is 42.5 Å². The van der Waals surface area contributed by atoms with Crippen molar-refractivity contribution in [2.24, 2.45) is 5.92 Å². The zero-order chi connectivity index (χ0) is 20.0. The van der Waals surface area contributed by atoms with E-state index in [2.05, 4.69) is 10.6 Å². The number of carbonyl (C=O) groups is 2. The first-order valence-corrected chi connectivity index (χ1v) is 8.99. The van der Waals surface area contributed by atoms with Gasteiger partial charge in [-0.2, -0.15) is 0 Å². The van der Waals surface area contributed by atoms with Gasteiger partial charge in [0.25, 0.3) is 5.91 Å². The van der Waals surface area contributed by atoms with E-state index in [-0.39, 0.29) is 16.6 Å². The molecular weight excluding hydrogens is 371 g/mol. The molecule has 0 aliphatic carbocycles. The molecule has 2 N–H and O–H groups in total. The summed E-state index contributed by atoms with van der Waals surface area (Å²) < 4.78 is 19.4. The normalized spacial score (nSPS) is 11.8. The Labute approximate surface area is 162 Å². The topological polar surface area (TPSA) is 67.4 Å². The van der Waals surface area contributed by atoms with Gasteiger partial charge in [-0.3, -0.25) is 9.59 Å². The van der Waals surface area contributed by atoms with E-state index in [1.165, 1.54) is 12.1 Å². The highest BCUT2D eigenvalue weighted by atomic mass is 35.5. The molecule has 0 unspecified atom stereocenters. The number of nitrogens with one attached hydrogen (secondary N) is 2. The van der Waals surface area contributed by atoms with Gasteiger partial charge in [-0.15, -0.1) is 0 Å². The van der Waals surface area contributed by atoms with E-state index in [0.717, 1.165) is 6.07 Å². The van der Waals surface area contributed by atoms with Gasteiger partial charge in [0.15, 0.2) is 0 Å². The average molecular weight is 393 g/mol. The Bertz CT molecular complexity index is 827. The Hall–Kier alpha value is -2.60. The molecular formula is C20H22ClFN2O3. The third-order valence-corrected chi connectivity index (χ3v) is 4.09. The number of hydrogen-bond donors (Lipinski definition) is 2. The maximum absolute atomic E-state index is 13.9. The van der Waals surface area contributed by atoms with Crippen LogP contribution < -0.4 is 15.4 Å². The number of carbonyl (C=O) groups excluding carboxylic acids is 2. The minimum absolute atomic E-state index is 0.000912. The van der Waals surface area contributed by atoms with Crippen LogP contribution in [0, 0.1) is 11.7 Å². The largest absolute Gasteiger partial charge is 0.493 e. The number of para-hydroxylation sites is 1. The van der Waals surface area contributed by atoms with Crippen LogP contribution in [0.2, 0.25) is 5.02 Å². The Morgan fingerprint density at radius 3 is 2.52 bits per heavy atom. The van der Waals surface area contributed by atoms with Gasteiger partial charge < -0.3 is 15.4 Å². The molecule has 0 saturated carbocycles. The van der Waals surface area contributed by atoms with Gasteiger partial charge in [-0.1, -0.05) is 37.6 Å². The van der Waals surface area contributed by atoms with Gasteiger partial charge in [-0.05, 0) is 43.2 Å². The first kappa shape index (κ1) is 20.7. The van der Waals surface area contributed by atoms with Crippen molar-refractivity contribution < 1.29 is 18.7 Å². The SMILES string of the molecule is CCOc1ccccc1C(=O)N[C@H](C(=O)Nc1ccc(Cl)cc1F)C(C)C. The number of rotatable bonds is 7. The van der Waals surface area contributed by atoms with Crippen LogP contribution in [0.5, 0.6) is 5.75 Å². The van der Waals surface area contributed by atoms with Crippen LogP contribution in [0.1, 0.15) is 31.1 Å². The lowest BCUT2D eigenvalue weighted by atomic mass is 10.0. The van der Waals surface area contributed by atoms with E-state index >= 15 is 0 Å². The van der Waals surface area contributed by atoms with Crippen LogP contribution in [0.3, 0.4) is 0 Å². The lowest BCUT2D eigenvalue weighted by Crippen LogP contribution is -2.47. The van der Waals surface area contributed by atoms with E-state index in [0.29, 0.717) is 17.9 Å². The fourth-order valence-corrected chi connectivity index (χ4v) is 2.65. The highest BCUT2D eigenvalue weighted by Gasteiger charge is 2.26. The molecule has 0 aromatic heterocycles. The Kier molecular flexibility index (Phi) is 7.19. The second-order valence-corrected chi connectivity index (χ2v) is 6.67. The number of halogens is 2. The van der Waals surface area contributed by atoms with Crippen molar-refractivity contribution in [1.82, 2.24) is 5.32 Å². The Morgan fingerprint density at radius 1 is 1.19 bits per heavy atom. The second-order valence-electron chi connectivity index (χ2n) is 6.24. The van der Waals surface area contributed by atoms with Crippen molar-refractivity contribution in [3.05, 3.63) is 58.9 Å². The smallest absolute Gasteiger partial charge is 0.255 e. The maximum Gasteiger partial charge on any atom is 0.255 e. The molecule has 27 heavy (non-hydrogen) atoms. The summed E-state index contributed by atoms with van der Waals surface area (Å²) in [5.74, 6) is -1.39. The molecule has 2 aromatic rings. The van der Waals surface area contributed by atoms with Gasteiger partial charge in [-0.25, -0.2) is 4.39 Å². The van der Waals surface area contributed by atoms with Crippen LogP contribution in [0.4, 0.5) is 10.1 Å². The molecule has 0 radical (unpaired) electrons. The summed E-state index contributed by atoms with van der Waals surface area (Å²) in [7, 11) is 0. The predicted molar refractivity (Wildman–Crippen MR) is 104 cm³/mol. The van der Waals surface area contributed by atoms with Gasteiger partial charge in [0, 0.05) is 5.02 Å². The van der Waals surface area contributed by atoms with Crippen LogP contribution >= 0.6 is 11.6 Å². The molecule has 2 amide bonds. The van der Waals surface area contributed by atoms with E-state index < -0.39 is 23.7 Å². The standard InChI is InChI=1S/C20H22ClFN2O3/c1-4-27-17-8-6-5-7-14(17)19(25)24-18(12(2)3)20(26)23-16-10-9-13(21)11-15(16)22/h5-12,18H,4H2,1-3H3,(H,23,26)(H,24,25)/t18-/m0/s1. The van der Waals surface area contributed by atoms with Crippen molar-refractivity contribution in [2.75, 3.05) is 11.9 Å². The van der Waals surface area contributed by atoms with Crippen molar-refractivity contribution in [1.29, 1.82) is 0 Å². The number of hydrogen-bond acceptors (Lipinski definition) is 3. The first-order valence-electron chi connectivity index (χ1n) is 8.62. The molecule has 144 valence electrons. The summed E-state index contributed by atoms with van der Waals surface area (Å²) in [4.78, 5) is 25.3. The van der Waals surface area contributed by atoms with E-state index in [1.54, 1.807) is 38.1 Å². The Balaban J connectivity index is 2.17. The molecule has 0 fully saturated rings. The fourth-order valence-electron chi connectivity index (χ4n) is 2.49. The molecule has 0 aliphatic rings. The first-order chi connectivity index (χ1) is 12.8. The number of benzene rings is 2. The average Bonchev–Trinajstić information content (AvgIpc) is 2.62. The summed E-state index contributed by atoms with van der Waals surface area (Å²) in [6.45, 7) is 5.81. The number of amides is 2. The van der Waals surface area contributed by atoms with E-state index in [1.807, 2.05) is 6.92 Å². The van der Waals surface area contributed by atoms with E-state index in [4.69, 9.17) is 16.3 Å². The zero-order valence-electron chi connectivity index (χ0n) is 15.4. The summed E-state index contributed by atoms with van der Waals surface area (Å²) in [6, 6.07) is 9.88. The molecule has 0 aliphatic heterocycles. The summed E-state index contributed by atoms with van der Waals surface area (Å²) in [5.41, 5.74) is 0.328. The van der Waals surface area contributed by atoms with Crippen LogP contribution in [-0.2, 0) is 4.79 Å². The highest BCUT2D eigenvalue weighted by molar-refractivity contribution is 6.30. The van der Waals surface area contributed by atoms with Crippen molar-refractivity contribution in [2.45, 2.75) is 26.8 Å². The molecule has 0 saturated heterocycles. The summed E-state index contributed by atoms with van der Waals surface area (Å²) >= 11 is 5.72. The second kappa shape index (κ2) is 9.37. The predicted octanol–water partition coefficient (Wildman–Crippen LogP) is 4.27. The van der Waals surface area contributed by atoms with Gasteiger partial charge in [0.2, 0.25) is 5.91 Å². The lowest BCUT2D eigenvalue weighted by Gasteiger charge is -2.22.